The largest absolute Gasteiger partial charge is 0.462 e. The molecule has 0 radical (unpaired) electrons. The summed E-state index contributed by atoms with van der Waals surface area (Å²) in [5.74, 6) is -0.892. The van der Waals surface area contributed by atoms with E-state index in [-0.39, 0.29) is 31.1 Å². The van der Waals surface area contributed by atoms with Crippen LogP contribution in [0.3, 0.4) is 0 Å². The Bertz CT molecular complexity index is 1520. The molecule has 0 aromatic heterocycles. The van der Waals surface area contributed by atoms with Crippen LogP contribution in [0.2, 0.25) is 0 Å². The summed E-state index contributed by atoms with van der Waals surface area (Å²) in [5.41, 5.74) is 0. The third-order valence-electron chi connectivity index (χ3n) is 13.3. The van der Waals surface area contributed by atoms with Crippen LogP contribution >= 0.6 is 0 Å². The van der Waals surface area contributed by atoms with Crippen molar-refractivity contribution in [1.82, 2.24) is 0 Å². The number of rotatable bonds is 56. The molecule has 75 heavy (non-hydrogen) atoms. The van der Waals surface area contributed by atoms with E-state index in [4.69, 9.17) is 14.2 Å². The maximum Gasteiger partial charge on any atom is 0.306 e. The van der Waals surface area contributed by atoms with Gasteiger partial charge in [-0.05, 0) is 109 Å². The highest BCUT2D eigenvalue weighted by molar-refractivity contribution is 5.71. The molecule has 0 rings (SSSR count). The van der Waals surface area contributed by atoms with Gasteiger partial charge < -0.3 is 14.2 Å². The van der Waals surface area contributed by atoms with Crippen molar-refractivity contribution in [1.29, 1.82) is 0 Å². The number of carbonyl (C=O) groups is 3. The number of unbranched alkanes of at least 4 members (excludes halogenated alkanes) is 27. The zero-order valence-corrected chi connectivity index (χ0v) is 49.0. The second-order valence-corrected chi connectivity index (χ2v) is 20.6. The molecule has 0 spiro atoms. The van der Waals surface area contributed by atoms with Crippen LogP contribution in [0.1, 0.15) is 290 Å². The fourth-order valence-electron chi connectivity index (χ4n) is 8.57. The molecule has 0 heterocycles. The molecule has 0 aliphatic rings. The summed E-state index contributed by atoms with van der Waals surface area (Å²) in [6.45, 7) is 6.49. The van der Waals surface area contributed by atoms with Gasteiger partial charge in [-0.1, -0.05) is 271 Å². The summed E-state index contributed by atoms with van der Waals surface area (Å²) in [7, 11) is 0. The number of esters is 3. The monoisotopic (exact) mass is 1040 g/mol. The fraction of sp³-hybridized carbons (Fsp3) is 0.696. The highest BCUT2D eigenvalue weighted by atomic mass is 16.6. The summed E-state index contributed by atoms with van der Waals surface area (Å²) >= 11 is 0. The second-order valence-electron chi connectivity index (χ2n) is 20.6. The van der Waals surface area contributed by atoms with Gasteiger partial charge in [-0.25, -0.2) is 0 Å². The fourth-order valence-corrected chi connectivity index (χ4v) is 8.57. The van der Waals surface area contributed by atoms with Crippen LogP contribution in [-0.2, 0) is 28.6 Å². The Morgan fingerprint density at radius 2 is 0.520 bits per heavy atom. The van der Waals surface area contributed by atoms with Crippen molar-refractivity contribution in [3.63, 3.8) is 0 Å². The molecule has 6 heteroatoms. The standard InChI is InChI=1S/C69H116O6/c1-4-7-10-13-16-19-21-23-24-25-26-27-28-29-30-31-32-33-34-35-36-37-38-39-40-41-42-43-44-46-47-50-53-56-59-62-68(71)74-65-66(64-73-67(70)61-58-55-52-49-18-15-12-9-6-3)75-69(72)63-60-57-54-51-48-45-22-20-17-14-11-8-5-2/h7,10,16,19-20,22-24,26-27,29-30,32-33,35-36,38-39,66H,4-6,8-9,11-15,17-18,21,25,28,31,34,37,40-65H2,1-3H3/b10-7-,19-16-,22-20-,24-23-,27-26-,30-29-,33-32-,36-35-,39-38-. The minimum absolute atomic E-state index is 0.0798. The van der Waals surface area contributed by atoms with E-state index in [1.54, 1.807) is 0 Å². The van der Waals surface area contributed by atoms with Gasteiger partial charge >= 0.3 is 17.9 Å². The van der Waals surface area contributed by atoms with Crippen molar-refractivity contribution >= 4 is 17.9 Å². The van der Waals surface area contributed by atoms with Crippen molar-refractivity contribution in [2.24, 2.45) is 0 Å². The SMILES string of the molecule is CC/C=C\C/C=C\C/C=C\C/C=C\C/C=C\C/C=C\C/C=C\C/C=C\CCCCCCCCCCCCC(=O)OCC(COC(=O)CCCCCCCCCCC)OC(=O)CCCCCCC/C=C\CCCCCC. The first-order valence-electron chi connectivity index (χ1n) is 31.4. The molecule has 0 saturated carbocycles. The van der Waals surface area contributed by atoms with E-state index >= 15 is 0 Å². The van der Waals surface area contributed by atoms with E-state index < -0.39 is 6.10 Å². The molecule has 0 aromatic rings. The Hall–Kier alpha value is -3.93. The maximum atomic E-state index is 12.8. The summed E-state index contributed by atoms with van der Waals surface area (Å²) in [4.78, 5) is 38.0. The zero-order chi connectivity index (χ0) is 54.3. The van der Waals surface area contributed by atoms with Gasteiger partial charge in [0.15, 0.2) is 6.10 Å². The molecule has 0 aliphatic heterocycles. The van der Waals surface area contributed by atoms with Gasteiger partial charge in [0.05, 0.1) is 0 Å². The second kappa shape index (κ2) is 62.6. The summed E-state index contributed by atoms with van der Waals surface area (Å²) in [5, 5.41) is 0. The number of ether oxygens (including phenoxy) is 3. The predicted molar refractivity (Wildman–Crippen MR) is 325 cm³/mol. The molecule has 0 amide bonds. The van der Waals surface area contributed by atoms with Crippen LogP contribution in [-0.4, -0.2) is 37.2 Å². The van der Waals surface area contributed by atoms with Crippen LogP contribution < -0.4 is 0 Å². The van der Waals surface area contributed by atoms with E-state index in [0.717, 1.165) is 122 Å². The summed E-state index contributed by atoms with van der Waals surface area (Å²) < 4.78 is 16.8. The van der Waals surface area contributed by atoms with Crippen LogP contribution in [0.5, 0.6) is 0 Å². The molecule has 1 atom stereocenters. The molecule has 0 bridgehead atoms. The molecular weight excluding hydrogens is 925 g/mol. The quantitative estimate of drug-likeness (QED) is 0.0261. The van der Waals surface area contributed by atoms with E-state index in [1.165, 1.54) is 128 Å². The highest BCUT2D eigenvalue weighted by Gasteiger charge is 2.19. The lowest BCUT2D eigenvalue weighted by Crippen LogP contribution is -2.30. The van der Waals surface area contributed by atoms with Crippen LogP contribution in [0.25, 0.3) is 0 Å². The summed E-state index contributed by atoms with van der Waals surface area (Å²) in [6, 6.07) is 0. The van der Waals surface area contributed by atoms with E-state index in [9.17, 15) is 14.4 Å². The van der Waals surface area contributed by atoms with Gasteiger partial charge in [0.25, 0.3) is 0 Å². The van der Waals surface area contributed by atoms with Gasteiger partial charge in [-0.15, -0.1) is 0 Å². The summed E-state index contributed by atoms with van der Waals surface area (Å²) in [6.07, 6.45) is 85.4. The molecule has 428 valence electrons. The molecular formula is C69H116O6. The molecule has 0 N–H and O–H groups in total. The Morgan fingerprint density at radius 1 is 0.280 bits per heavy atom. The average molecular weight is 1040 g/mol. The van der Waals surface area contributed by atoms with Crippen molar-refractivity contribution < 1.29 is 28.6 Å². The van der Waals surface area contributed by atoms with Gasteiger partial charge in [0.1, 0.15) is 13.2 Å². The van der Waals surface area contributed by atoms with Gasteiger partial charge in [-0.2, -0.15) is 0 Å². The lowest BCUT2D eigenvalue weighted by Gasteiger charge is -2.18. The molecule has 0 fully saturated rings. The predicted octanol–water partition coefficient (Wildman–Crippen LogP) is 21.4. The van der Waals surface area contributed by atoms with E-state index in [2.05, 4.69) is 130 Å². The first kappa shape index (κ1) is 71.1. The van der Waals surface area contributed by atoms with E-state index in [0.29, 0.717) is 19.3 Å². The lowest BCUT2D eigenvalue weighted by atomic mass is 10.1. The van der Waals surface area contributed by atoms with Crippen LogP contribution in [0.4, 0.5) is 0 Å². The lowest BCUT2D eigenvalue weighted by molar-refractivity contribution is -0.167. The van der Waals surface area contributed by atoms with Gasteiger partial charge in [-0.3, -0.25) is 14.4 Å². The normalized spacial score (nSPS) is 12.8. The van der Waals surface area contributed by atoms with Crippen LogP contribution in [0, 0.1) is 0 Å². The molecule has 6 nitrogen and oxygen atoms in total. The van der Waals surface area contributed by atoms with Crippen molar-refractivity contribution in [2.45, 2.75) is 297 Å². The first-order chi connectivity index (χ1) is 37.0. The smallest absolute Gasteiger partial charge is 0.306 e. The third kappa shape index (κ3) is 60.8. The number of carbonyl (C=O) groups excluding carboxylic acids is 3. The zero-order valence-electron chi connectivity index (χ0n) is 49.0. The number of hydrogen-bond donors (Lipinski definition) is 0. The Labute approximate surface area is 463 Å². The minimum Gasteiger partial charge on any atom is -0.462 e. The van der Waals surface area contributed by atoms with E-state index in [1.807, 2.05) is 0 Å². The Balaban J connectivity index is 4.12. The molecule has 0 saturated heterocycles. The van der Waals surface area contributed by atoms with Crippen molar-refractivity contribution in [3.05, 3.63) is 109 Å². The average Bonchev–Trinajstić information content (AvgIpc) is 3.41. The molecule has 1 unspecified atom stereocenters. The van der Waals surface area contributed by atoms with Crippen molar-refractivity contribution in [2.75, 3.05) is 13.2 Å². The van der Waals surface area contributed by atoms with Crippen molar-refractivity contribution in [3.8, 4) is 0 Å². The first-order valence-corrected chi connectivity index (χ1v) is 31.4. The molecule has 0 aromatic carbocycles. The maximum absolute atomic E-state index is 12.8. The number of allylic oxidation sites excluding steroid dienone is 18. The van der Waals surface area contributed by atoms with Gasteiger partial charge in [0, 0.05) is 19.3 Å². The topological polar surface area (TPSA) is 78.9 Å². The van der Waals surface area contributed by atoms with Gasteiger partial charge in [0.2, 0.25) is 0 Å². The molecule has 0 aliphatic carbocycles. The third-order valence-corrected chi connectivity index (χ3v) is 13.3. The Morgan fingerprint density at radius 3 is 0.840 bits per heavy atom. The minimum atomic E-state index is -0.781. The van der Waals surface area contributed by atoms with Crippen LogP contribution in [0.15, 0.2) is 109 Å². The highest BCUT2D eigenvalue weighted by Crippen LogP contribution is 2.15. The number of hydrogen-bond acceptors (Lipinski definition) is 6. The Kier molecular flexibility index (Phi) is 59.3.